The monoisotopic (exact) mass is 334 g/mol. The van der Waals surface area contributed by atoms with E-state index in [4.69, 9.17) is 0 Å². The third-order valence-corrected chi connectivity index (χ3v) is 3.03. The summed E-state index contributed by atoms with van der Waals surface area (Å²) in [5, 5.41) is 10.0. The first-order chi connectivity index (χ1) is 9.02. The minimum atomic E-state index is -2.20. The van der Waals surface area contributed by atoms with E-state index in [1.807, 2.05) is 0 Å². The van der Waals surface area contributed by atoms with E-state index in [2.05, 4.69) is 25.9 Å². The van der Waals surface area contributed by atoms with Crippen LogP contribution in [0.4, 0.5) is 13.2 Å². The first-order valence-corrected chi connectivity index (χ1v) is 6.30. The highest BCUT2D eigenvalue weighted by atomic mass is 79.9. The van der Waals surface area contributed by atoms with Crippen molar-refractivity contribution in [1.82, 2.24) is 9.97 Å². The predicted molar refractivity (Wildman–Crippen MR) is 68.4 cm³/mol. The Morgan fingerprint density at radius 3 is 2.63 bits per heavy atom. The molecule has 0 aliphatic carbocycles. The van der Waals surface area contributed by atoms with Crippen LogP contribution in [0.15, 0.2) is 22.9 Å². The molecule has 0 fully saturated rings. The number of rotatable bonds is 4. The lowest BCUT2D eigenvalue weighted by atomic mass is 10.1. The van der Waals surface area contributed by atoms with E-state index >= 15 is 0 Å². The zero-order valence-corrected chi connectivity index (χ0v) is 11.2. The number of alkyl halides is 3. The van der Waals surface area contributed by atoms with Gasteiger partial charge in [0, 0.05) is 6.42 Å². The van der Waals surface area contributed by atoms with Crippen molar-refractivity contribution in [3.05, 3.63) is 28.6 Å². The fourth-order valence-electron chi connectivity index (χ4n) is 1.77. The molecule has 0 amide bonds. The highest BCUT2D eigenvalue weighted by Gasteiger charge is 2.23. The smallest absolute Gasteiger partial charge is 0.197 e. The summed E-state index contributed by atoms with van der Waals surface area (Å²) in [6.45, 7) is -1.39. The number of fused-ring (bicyclic) bond motifs is 1. The van der Waals surface area contributed by atoms with Gasteiger partial charge in [0.05, 0.1) is 16.6 Å². The molecule has 7 heteroatoms. The molecule has 0 radical (unpaired) electrons. The molecule has 0 aliphatic rings. The summed E-state index contributed by atoms with van der Waals surface area (Å²) in [5.41, 5.74) is 0.540. The number of phenols is 1. The molecular weight excluding hydrogens is 325 g/mol. The molecule has 1 heterocycles. The van der Waals surface area contributed by atoms with Crippen molar-refractivity contribution in [3.8, 4) is 5.75 Å². The summed E-state index contributed by atoms with van der Waals surface area (Å²) in [4.78, 5) is 7.96. The molecule has 0 aliphatic heterocycles. The summed E-state index contributed by atoms with van der Waals surface area (Å²) >= 11 is 3.06. The van der Waals surface area contributed by atoms with Crippen molar-refractivity contribution < 1.29 is 18.3 Å². The highest BCUT2D eigenvalue weighted by Crippen LogP contribution is 2.28. The van der Waals surface area contributed by atoms with Gasteiger partial charge in [-0.3, -0.25) is 0 Å². The van der Waals surface area contributed by atoms with E-state index in [0.29, 0.717) is 5.52 Å². The van der Waals surface area contributed by atoms with E-state index in [0.717, 1.165) is 0 Å². The van der Waals surface area contributed by atoms with E-state index in [-0.39, 0.29) is 21.6 Å². The number of nitrogens with zero attached hydrogens (tertiary/aromatic N) is 2. The van der Waals surface area contributed by atoms with E-state index in [9.17, 15) is 18.3 Å². The van der Waals surface area contributed by atoms with Crippen LogP contribution in [-0.4, -0.2) is 34.1 Å². The van der Waals surface area contributed by atoms with Crippen LogP contribution in [0.5, 0.6) is 5.75 Å². The number of hydrogen-bond donors (Lipinski definition) is 1. The van der Waals surface area contributed by atoms with Crippen molar-refractivity contribution in [2.75, 3.05) is 6.67 Å². The van der Waals surface area contributed by atoms with Crippen LogP contribution in [0, 0.1) is 0 Å². The Labute approximate surface area is 115 Å². The van der Waals surface area contributed by atoms with Gasteiger partial charge in [0.1, 0.15) is 18.6 Å². The highest BCUT2D eigenvalue weighted by molar-refractivity contribution is 9.10. The maximum Gasteiger partial charge on any atom is 0.197 e. The van der Waals surface area contributed by atoms with Crippen molar-refractivity contribution >= 4 is 26.8 Å². The predicted octanol–water partition coefficient (Wildman–Crippen LogP) is 3.29. The van der Waals surface area contributed by atoms with Gasteiger partial charge in [-0.1, -0.05) is 6.07 Å². The molecule has 0 saturated heterocycles. The van der Waals surface area contributed by atoms with Crippen molar-refractivity contribution in [2.45, 2.75) is 18.8 Å². The van der Waals surface area contributed by atoms with E-state index < -0.39 is 25.4 Å². The number of phenolic OH excluding ortho intramolecular Hbond substituents is 1. The van der Waals surface area contributed by atoms with Crippen molar-refractivity contribution in [1.29, 1.82) is 0 Å². The maximum atomic E-state index is 13.5. The average molecular weight is 335 g/mol. The van der Waals surface area contributed by atoms with Crippen molar-refractivity contribution in [3.63, 3.8) is 0 Å². The molecule has 1 aromatic heterocycles. The zero-order valence-electron chi connectivity index (χ0n) is 9.65. The molecule has 2 unspecified atom stereocenters. The minimum absolute atomic E-state index is 0.122. The Morgan fingerprint density at radius 1 is 1.21 bits per heavy atom. The topological polar surface area (TPSA) is 46.0 Å². The molecule has 0 bridgehead atoms. The summed E-state index contributed by atoms with van der Waals surface area (Å²) < 4.78 is 38.7. The number of aromatic nitrogens is 2. The number of hydrogen-bond acceptors (Lipinski definition) is 3. The van der Waals surface area contributed by atoms with Gasteiger partial charge in [-0.2, -0.15) is 0 Å². The quantitative estimate of drug-likeness (QED) is 0.873. The molecule has 2 atom stereocenters. The summed E-state index contributed by atoms with van der Waals surface area (Å²) in [6.07, 6.45) is -4.65. The Balaban J connectivity index is 2.47. The number of halogens is 4. The molecule has 0 spiro atoms. The summed E-state index contributed by atoms with van der Waals surface area (Å²) in [7, 11) is 0. The van der Waals surface area contributed by atoms with Crippen LogP contribution in [0.2, 0.25) is 0 Å². The molecule has 3 nitrogen and oxygen atoms in total. The van der Waals surface area contributed by atoms with E-state index in [1.165, 1.54) is 6.07 Å². The van der Waals surface area contributed by atoms with Gasteiger partial charge in [-0.05, 0) is 28.1 Å². The van der Waals surface area contributed by atoms with Gasteiger partial charge in [0.2, 0.25) is 0 Å². The molecular formula is C12H10BrF3N2O. The van der Waals surface area contributed by atoms with Crippen LogP contribution in [0.25, 0.3) is 10.9 Å². The van der Waals surface area contributed by atoms with Gasteiger partial charge in [0.25, 0.3) is 0 Å². The van der Waals surface area contributed by atoms with Gasteiger partial charge in [0.15, 0.2) is 10.9 Å². The van der Waals surface area contributed by atoms with Crippen LogP contribution in [0.1, 0.15) is 5.69 Å². The van der Waals surface area contributed by atoms with Gasteiger partial charge in [-0.15, -0.1) is 0 Å². The largest absolute Gasteiger partial charge is 0.507 e. The third-order valence-electron chi connectivity index (χ3n) is 2.68. The standard InChI is InChI=1S/C12H10BrF3N2O/c13-12-17-8-2-1-3-10(19)11(8)9(18-12)4-6(15)7(16)5-14/h1-3,6-7,19H,4-5H2. The Morgan fingerprint density at radius 2 is 1.95 bits per heavy atom. The third kappa shape index (κ3) is 2.97. The zero-order chi connectivity index (χ0) is 14.0. The second-order valence-corrected chi connectivity index (χ2v) is 4.71. The second kappa shape index (κ2) is 5.73. The molecule has 2 aromatic rings. The van der Waals surface area contributed by atoms with Crippen LogP contribution < -0.4 is 0 Å². The second-order valence-electron chi connectivity index (χ2n) is 4.00. The summed E-state index contributed by atoms with van der Waals surface area (Å²) in [5.74, 6) is -0.122. The molecule has 0 saturated carbocycles. The molecule has 1 N–H and O–H groups in total. The Hall–Kier alpha value is -1.37. The molecule has 2 rings (SSSR count). The van der Waals surface area contributed by atoms with Crippen LogP contribution >= 0.6 is 15.9 Å². The molecule has 1 aromatic carbocycles. The van der Waals surface area contributed by atoms with Gasteiger partial charge in [-0.25, -0.2) is 23.1 Å². The first kappa shape index (κ1) is 14.0. The maximum absolute atomic E-state index is 13.5. The lowest BCUT2D eigenvalue weighted by Gasteiger charge is -2.12. The minimum Gasteiger partial charge on any atom is -0.507 e. The first-order valence-electron chi connectivity index (χ1n) is 5.51. The van der Waals surface area contributed by atoms with E-state index in [1.54, 1.807) is 12.1 Å². The molecule has 19 heavy (non-hydrogen) atoms. The normalized spacial score (nSPS) is 14.5. The molecule has 102 valence electrons. The fourth-order valence-corrected chi connectivity index (χ4v) is 2.17. The number of aromatic hydroxyl groups is 1. The van der Waals surface area contributed by atoms with Crippen molar-refractivity contribution in [2.24, 2.45) is 0 Å². The lowest BCUT2D eigenvalue weighted by Crippen LogP contribution is -2.22. The van der Waals surface area contributed by atoms with Gasteiger partial charge < -0.3 is 5.11 Å². The van der Waals surface area contributed by atoms with Crippen LogP contribution in [-0.2, 0) is 6.42 Å². The van der Waals surface area contributed by atoms with Gasteiger partial charge >= 0.3 is 0 Å². The Kier molecular flexibility index (Phi) is 4.24. The lowest BCUT2D eigenvalue weighted by molar-refractivity contribution is 0.136. The number of benzene rings is 1. The Bertz CT molecular complexity index is 596. The van der Waals surface area contributed by atoms with Crippen LogP contribution in [0.3, 0.4) is 0 Å². The fraction of sp³-hybridized carbons (Fsp3) is 0.333. The SMILES string of the molecule is Oc1cccc2nc(Br)nc(CC(F)C(F)CF)c12. The summed E-state index contributed by atoms with van der Waals surface area (Å²) in [6, 6.07) is 4.59. The average Bonchev–Trinajstić information content (AvgIpc) is 2.37.